The number of hydrogen-bond acceptors (Lipinski definition) is 2. The maximum absolute atomic E-state index is 12.5. The lowest BCUT2D eigenvalue weighted by Gasteiger charge is -2.25. The number of pyridine rings is 1. The molecule has 0 aliphatic carbocycles. The molecule has 0 saturated heterocycles. The van der Waals surface area contributed by atoms with E-state index in [-0.39, 0.29) is 0 Å². The summed E-state index contributed by atoms with van der Waals surface area (Å²) in [4.78, 5) is 3.82. The molecule has 1 rings (SSSR count). The number of nitrogens with zero attached hydrogens (tertiary/aromatic N) is 1. The summed E-state index contributed by atoms with van der Waals surface area (Å²) in [7, 11) is 0. The lowest BCUT2D eigenvalue weighted by Crippen LogP contribution is -2.41. The van der Waals surface area contributed by atoms with E-state index in [0.717, 1.165) is 0 Å². The Hall–Kier alpha value is -1.03. The highest BCUT2D eigenvalue weighted by Crippen LogP contribution is 2.26. The number of rotatable bonds is 2. The molecule has 2 N–H and O–H groups in total. The van der Waals surface area contributed by atoms with Gasteiger partial charge in [0.1, 0.15) is 5.54 Å². The van der Waals surface area contributed by atoms with Crippen LogP contribution in [-0.2, 0) is 5.54 Å². The summed E-state index contributed by atoms with van der Waals surface area (Å²) in [6.45, 7) is 3.04. The Kier molecular flexibility index (Phi) is 2.61. The van der Waals surface area contributed by atoms with Gasteiger partial charge in [-0.3, -0.25) is 4.98 Å². The van der Waals surface area contributed by atoms with Gasteiger partial charge in [-0.15, -0.1) is 0 Å². The van der Waals surface area contributed by atoms with Crippen molar-refractivity contribution in [1.82, 2.24) is 4.98 Å². The summed E-state index contributed by atoms with van der Waals surface area (Å²) in [5.41, 5.74) is 5.04. The zero-order chi connectivity index (χ0) is 10.1. The highest BCUT2D eigenvalue weighted by atomic mass is 19.3. The molecule has 0 bridgehead atoms. The van der Waals surface area contributed by atoms with E-state index in [1.54, 1.807) is 6.92 Å². The van der Waals surface area contributed by atoms with E-state index in [2.05, 4.69) is 4.98 Å². The van der Waals surface area contributed by atoms with Crippen molar-refractivity contribution >= 4 is 0 Å². The molecule has 1 aromatic heterocycles. The van der Waals surface area contributed by atoms with E-state index in [4.69, 9.17) is 5.73 Å². The molecule has 0 aliphatic rings. The summed E-state index contributed by atoms with van der Waals surface area (Å²) in [6, 6.07) is 1.53. The number of aryl methyl sites for hydroxylation is 1. The largest absolute Gasteiger partial charge is 0.317 e. The molecule has 1 aromatic rings. The zero-order valence-electron chi connectivity index (χ0n) is 7.59. The van der Waals surface area contributed by atoms with Crippen LogP contribution < -0.4 is 5.73 Å². The second kappa shape index (κ2) is 3.38. The first-order chi connectivity index (χ1) is 5.96. The van der Waals surface area contributed by atoms with Gasteiger partial charge in [0.05, 0.1) is 0 Å². The molecule has 1 unspecified atom stereocenters. The highest BCUT2D eigenvalue weighted by Gasteiger charge is 2.33. The van der Waals surface area contributed by atoms with Crippen LogP contribution in [-0.4, -0.2) is 11.4 Å². The Balaban J connectivity index is 3.14. The molecular weight excluding hydrogens is 174 g/mol. The van der Waals surface area contributed by atoms with Crippen molar-refractivity contribution in [3.8, 4) is 0 Å². The first kappa shape index (κ1) is 10.1. The maximum Gasteiger partial charge on any atom is 0.260 e. The van der Waals surface area contributed by atoms with Crippen molar-refractivity contribution in [2.45, 2.75) is 25.8 Å². The van der Waals surface area contributed by atoms with Gasteiger partial charge in [-0.2, -0.15) is 0 Å². The molecule has 0 saturated carbocycles. The van der Waals surface area contributed by atoms with Crippen LogP contribution >= 0.6 is 0 Å². The van der Waals surface area contributed by atoms with Crippen molar-refractivity contribution in [3.05, 3.63) is 29.6 Å². The third-order valence-corrected chi connectivity index (χ3v) is 2.05. The Morgan fingerprint density at radius 1 is 1.54 bits per heavy atom. The number of aromatic nitrogens is 1. The maximum atomic E-state index is 12.5. The van der Waals surface area contributed by atoms with Crippen LogP contribution in [0.2, 0.25) is 0 Å². The molecule has 1 atom stereocenters. The van der Waals surface area contributed by atoms with E-state index in [9.17, 15) is 8.78 Å². The molecule has 2 nitrogen and oxygen atoms in total. The van der Waals surface area contributed by atoms with Gasteiger partial charge in [0.25, 0.3) is 6.43 Å². The van der Waals surface area contributed by atoms with E-state index in [1.165, 1.54) is 25.4 Å². The zero-order valence-corrected chi connectivity index (χ0v) is 7.59. The van der Waals surface area contributed by atoms with Crippen molar-refractivity contribution in [3.63, 3.8) is 0 Å². The topological polar surface area (TPSA) is 38.9 Å². The van der Waals surface area contributed by atoms with Crippen molar-refractivity contribution in [2.75, 3.05) is 0 Å². The van der Waals surface area contributed by atoms with E-state index in [0.29, 0.717) is 11.1 Å². The first-order valence-corrected chi connectivity index (χ1v) is 3.94. The van der Waals surface area contributed by atoms with Gasteiger partial charge in [0, 0.05) is 12.4 Å². The smallest absolute Gasteiger partial charge is 0.260 e. The van der Waals surface area contributed by atoms with E-state index >= 15 is 0 Å². The standard InChI is InChI=1S/C9H12F2N2/c1-6-5-13-4-3-7(6)9(2,12)8(10)11/h3-5,8H,12H2,1-2H3. The van der Waals surface area contributed by atoms with Gasteiger partial charge in [-0.1, -0.05) is 0 Å². The number of nitrogens with two attached hydrogens (primary N) is 1. The van der Waals surface area contributed by atoms with Gasteiger partial charge in [0.2, 0.25) is 0 Å². The Morgan fingerprint density at radius 3 is 2.62 bits per heavy atom. The minimum absolute atomic E-state index is 0.442. The number of alkyl halides is 2. The normalized spacial score (nSPS) is 15.8. The van der Waals surface area contributed by atoms with Crippen molar-refractivity contribution in [2.24, 2.45) is 5.73 Å². The molecule has 72 valence electrons. The van der Waals surface area contributed by atoms with Crippen LogP contribution in [0, 0.1) is 6.92 Å². The lowest BCUT2D eigenvalue weighted by atomic mass is 9.91. The minimum Gasteiger partial charge on any atom is -0.317 e. The van der Waals surface area contributed by atoms with Gasteiger partial charge in [-0.05, 0) is 31.0 Å². The molecule has 0 fully saturated rings. The van der Waals surface area contributed by atoms with E-state index < -0.39 is 12.0 Å². The quantitative estimate of drug-likeness (QED) is 0.765. The predicted molar refractivity (Wildman–Crippen MR) is 46.5 cm³/mol. The Labute approximate surface area is 75.8 Å². The fraction of sp³-hybridized carbons (Fsp3) is 0.444. The SMILES string of the molecule is Cc1cnccc1C(C)(N)C(F)F. The van der Waals surface area contributed by atoms with Crippen LogP contribution in [0.25, 0.3) is 0 Å². The summed E-state index contributed by atoms with van der Waals surface area (Å²) < 4.78 is 25.1. The molecule has 0 aliphatic heterocycles. The summed E-state index contributed by atoms with van der Waals surface area (Å²) in [5, 5.41) is 0. The Bertz CT molecular complexity index is 297. The van der Waals surface area contributed by atoms with E-state index in [1.807, 2.05) is 0 Å². The Morgan fingerprint density at radius 2 is 2.15 bits per heavy atom. The van der Waals surface area contributed by atoms with Crippen LogP contribution in [0.15, 0.2) is 18.5 Å². The molecule has 4 heteroatoms. The second-order valence-corrected chi connectivity index (χ2v) is 3.27. The third-order valence-electron chi connectivity index (χ3n) is 2.05. The highest BCUT2D eigenvalue weighted by molar-refractivity contribution is 5.29. The van der Waals surface area contributed by atoms with Gasteiger partial charge < -0.3 is 5.73 Å². The number of hydrogen-bond donors (Lipinski definition) is 1. The van der Waals surface area contributed by atoms with Crippen LogP contribution in [0.4, 0.5) is 8.78 Å². The molecule has 0 aromatic carbocycles. The monoisotopic (exact) mass is 186 g/mol. The van der Waals surface area contributed by atoms with Crippen LogP contribution in [0.3, 0.4) is 0 Å². The van der Waals surface area contributed by atoms with Gasteiger partial charge in [-0.25, -0.2) is 8.78 Å². The molecule has 0 spiro atoms. The van der Waals surface area contributed by atoms with Crippen molar-refractivity contribution < 1.29 is 8.78 Å². The predicted octanol–water partition coefficient (Wildman–Crippen LogP) is 1.83. The minimum atomic E-state index is -2.58. The average molecular weight is 186 g/mol. The molecular formula is C9H12F2N2. The van der Waals surface area contributed by atoms with Gasteiger partial charge >= 0.3 is 0 Å². The number of halogens is 2. The molecule has 1 heterocycles. The van der Waals surface area contributed by atoms with Crippen LogP contribution in [0.1, 0.15) is 18.1 Å². The molecule has 0 amide bonds. The molecule has 0 radical (unpaired) electrons. The van der Waals surface area contributed by atoms with Crippen molar-refractivity contribution in [1.29, 1.82) is 0 Å². The van der Waals surface area contributed by atoms with Gasteiger partial charge in [0.15, 0.2) is 0 Å². The first-order valence-electron chi connectivity index (χ1n) is 3.94. The summed E-state index contributed by atoms with van der Waals surface area (Å²) >= 11 is 0. The lowest BCUT2D eigenvalue weighted by molar-refractivity contribution is 0.0621. The fourth-order valence-corrected chi connectivity index (χ4v) is 1.20. The summed E-state index contributed by atoms with van der Waals surface area (Å²) in [6.07, 6.45) is 0.423. The third kappa shape index (κ3) is 1.83. The second-order valence-electron chi connectivity index (χ2n) is 3.27. The summed E-state index contributed by atoms with van der Waals surface area (Å²) in [5.74, 6) is 0. The average Bonchev–Trinajstić information content (AvgIpc) is 2.04. The fourth-order valence-electron chi connectivity index (χ4n) is 1.20. The van der Waals surface area contributed by atoms with Crippen LogP contribution in [0.5, 0.6) is 0 Å². The molecule has 13 heavy (non-hydrogen) atoms.